The van der Waals surface area contributed by atoms with Gasteiger partial charge in [0.15, 0.2) is 11.0 Å². The average molecular weight is 263 g/mol. The Kier molecular flexibility index (Phi) is 3.81. The second-order valence-electron chi connectivity index (χ2n) is 4.12. The number of hydrogen-bond donors (Lipinski definition) is 0. The Morgan fingerprint density at radius 3 is 2.61 bits per heavy atom. The molecule has 0 bridgehead atoms. The monoisotopic (exact) mass is 263 g/mol. The minimum absolute atomic E-state index is 0.252. The van der Waals surface area contributed by atoms with Gasteiger partial charge in [-0.1, -0.05) is 23.9 Å². The van der Waals surface area contributed by atoms with E-state index in [0.29, 0.717) is 0 Å². The lowest BCUT2D eigenvalue weighted by Gasteiger charge is -2.03. The summed E-state index contributed by atoms with van der Waals surface area (Å²) in [5.74, 6) is 1.30. The minimum Gasteiger partial charge on any atom is -0.305 e. The van der Waals surface area contributed by atoms with Gasteiger partial charge in [-0.3, -0.25) is 0 Å². The Bertz CT molecular complexity index is 560. The van der Waals surface area contributed by atoms with E-state index in [9.17, 15) is 4.39 Å². The molecule has 1 heterocycles. The van der Waals surface area contributed by atoms with E-state index >= 15 is 0 Å². The van der Waals surface area contributed by atoms with Crippen molar-refractivity contribution in [3.05, 3.63) is 42.2 Å². The molecular formula is C13H14FN3S. The number of aromatic nitrogens is 3. The normalized spacial score (nSPS) is 10.6. The van der Waals surface area contributed by atoms with Gasteiger partial charge in [0.05, 0.1) is 0 Å². The van der Waals surface area contributed by atoms with Crippen molar-refractivity contribution >= 4 is 11.8 Å². The maximum absolute atomic E-state index is 12.9. The fourth-order valence-electron chi connectivity index (χ4n) is 1.48. The third kappa shape index (κ3) is 2.79. The van der Waals surface area contributed by atoms with Crippen molar-refractivity contribution in [1.29, 1.82) is 0 Å². The summed E-state index contributed by atoms with van der Waals surface area (Å²) in [6.07, 6.45) is 0. The van der Waals surface area contributed by atoms with Crippen molar-refractivity contribution < 1.29 is 4.39 Å². The molecule has 0 radical (unpaired) electrons. The fourth-order valence-corrected chi connectivity index (χ4v) is 2.23. The third-order valence-corrected chi connectivity index (χ3v) is 3.64. The standard InChI is InChI=1S/C13H14FN3S/c1-9(2)8-18-13-16-15-12(17(13)3)10-4-6-11(14)7-5-10/h4-7H,1,8H2,2-3H3. The molecule has 0 aliphatic heterocycles. The third-order valence-electron chi connectivity index (χ3n) is 2.38. The molecule has 0 spiro atoms. The molecule has 0 aliphatic rings. The molecular weight excluding hydrogens is 249 g/mol. The topological polar surface area (TPSA) is 30.7 Å². The summed E-state index contributed by atoms with van der Waals surface area (Å²) in [5, 5.41) is 9.09. The molecule has 3 nitrogen and oxygen atoms in total. The molecule has 0 aliphatic carbocycles. The van der Waals surface area contributed by atoms with E-state index < -0.39 is 0 Å². The first kappa shape index (κ1) is 12.8. The van der Waals surface area contributed by atoms with Crippen LogP contribution in [0.1, 0.15) is 6.92 Å². The quantitative estimate of drug-likeness (QED) is 0.626. The number of hydrogen-bond acceptors (Lipinski definition) is 3. The molecule has 5 heteroatoms. The summed E-state index contributed by atoms with van der Waals surface area (Å²) in [7, 11) is 1.90. The molecule has 0 atom stereocenters. The molecule has 0 amide bonds. The van der Waals surface area contributed by atoms with E-state index in [4.69, 9.17) is 0 Å². The van der Waals surface area contributed by atoms with Gasteiger partial charge in [0.25, 0.3) is 0 Å². The summed E-state index contributed by atoms with van der Waals surface area (Å²) in [6, 6.07) is 6.24. The van der Waals surface area contributed by atoms with Crippen molar-refractivity contribution in [2.75, 3.05) is 5.75 Å². The van der Waals surface area contributed by atoms with Crippen LogP contribution < -0.4 is 0 Å². The van der Waals surface area contributed by atoms with Gasteiger partial charge in [-0.2, -0.15) is 0 Å². The maximum atomic E-state index is 12.9. The highest BCUT2D eigenvalue weighted by Gasteiger charge is 2.10. The molecule has 2 rings (SSSR count). The lowest BCUT2D eigenvalue weighted by molar-refractivity contribution is 0.628. The Morgan fingerprint density at radius 2 is 2.00 bits per heavy atom. The summed E-state index contributed by atoms with van der Waals surface area (Å²) < 4.78 is 14.8. The van der Waals surface area contributed by atoms with Crippen LogP contribution in [0.25, 0.3) is 11.4 Å². The van der Waals surface area contributed by atoms with Crippen molar-refractivity contribution in [3.63, 3.8) is 0 Å². The number of halogens is 1. The van der Waals surface area contributed by atoms with Crippen LogP contribution in [0.4, 0.5) is 4.39 Å². The van der Waals surface area contributed by atoms with Gasteiger partial charge in [0, 0.05) is 18.4 Å². The molecule has 0 N–H and O–H groups in total. The zero-order valence-electron chi connectivity index (χ0n) is 10.4. The van der Waals surface area contributed by atoms with Crippen LogP contribution in [0, 0.1) is 5.82 Å². The van der Waals surface area contributed by atoms with Gasteiger partial charge < -0.3 is 4.57 Å². The number of thioether (sulfide) groups is 1. The first-order valence-electron chi connectivity index (χ1n) is 5.50. The first-order valence-corrected chi connectivity index (χ1v) is 6.49. The lowest BCUT2D eigenvalue weighted by Crippen LogP contribution is -1.95. The van der Waals surface area contributed by atoms with Crippen LogP contribution in [0.2, 0.25) is 0 Å². The second kappa shape index (κ2) is 5.35. The van der Waals surface area contributed by atoms with E-state index in [-0.39, 0.29) is 5.82 Å². The first-order chi connectivity index (χ1) is 8.58. The number of rotatable bonds is 4. The predicted octanol–water partition coefficient (Wildman–Crippen LogP) is 3.29. The van der Waals surface area contributed by atoms with Crippen LogP contribution in [0.15, 0.2) is 41.6 Å². The van der Waals surface area contributed by atoms with E-state index in [1.807, 2.05) is 18.5 Å². The van der Waals surface area contributed by atoms with Gasteiger partial charge in [-0.05, 0) is 31.2 Å². The van der Waals surface area contributed by atoms with Gasteiger partial charge in [0.1, 0.15) is 5.82 Å². The highest BCUT2D eigenvalue weighted by molar-refractivity contribution is 7.99. The predicted molar refractivity (Wildman–Crippen MR) is 71.9 cm³/mol. The molecule has 18 heavy (non-hydrogen) atoms. The molecule has 2 aromatic rings. The zero-order valence-corrected chi connectivity index (χ0v) is 11.2. The minimum atomic E-state index is -0.252. The van der Waals surface area contributed by atoms with Crippen LogP contribution in [-0.4, -0.2) is 20.5 Å². The van der Waals surface area contributed by atoms with Crippen LogP contribution >= 0.6 is 11.8 Å². The van der Waals surface area contributed by atoms with Gasteiger partial charge in [0.2, 0.25) is 0 Å². The van der Waals surface area contributed by atoms with Crippen molar-refractivity contribution in [1.82, 2.24) is 14.8 Å². The van der Waals surface area contributed by atoms with Crippen LogP contribution in [0.5, 0.6) is 0 Å². The zero-order chi connectivity index (χ0) is 13.1. The van der Waals surface area contributed by atoms with E-state index in [1.165, 1.54) is 12.1 Å². The van der Waals surface area contributed by atoms with Crippen molar-refractivity contribution in [2.24, 2.45) is 7.05 Å². The SMILES string of the molecule is C=C(C)CSc1nnc(-c2ccc(F)cc2)n1C. The van der Waals surface area contributed by atoms with Gasteiger partial charge in [-0.25, -0.2) is 4.39 Å². The van der Waals surface area contributed by atoms with Crippen molar-refractivity contribution in [2.45, 2.75) is 12.1 Å². The van der Waals surface area contributed by atoms with E-state index in [0.717, 1.165) is 27.9 Å². The molecule has 0 fully saturated rings. The molecule has 94 valence electrons. The van der Waals surface area contributed by atoms with Gasteiger partial charge >= 0.3 is 0 Å². The second-order valence-corrected chi connectivity index (χ2v) is 5.06. The van der Waals surface area contributed by atoms with E-state index in [1.54, 1.807) is 23.9 Å². The Labute approximate surface area is 110 Å². The largest absolute Gasteiger partial charge is 0.305 e. The Morgan fingerprint density at radius 1 is 1.33 bits per heavy atom. The fraction of sp³-hybridized carbons (Fsp3) is 0.231. The lowest BCUT2D eigenvalue weighted by atomic mass is 10.2. The summed E-state index contributed by atoms with van der Waals surface area (Å²) in [6.45, 7) is 5.83. The number of nitrogens with zero attached hydrogens (tertiary/aromatic N) is 3. The van der Waals surface area contributed by atoms with Crippen LogP contribution in [-0.2, 0) is 7.05 Å². The van der Waals surface area contributed by atoms with Gasteiger partial charge in [-0.15, -0.1) is 10.2 Å². The number of benzene rings is 1. The molecule has 0 saturated heterocycles. The molecule has 1 aromatic heterocycles. The smallest absolute Gasteiger partial charge is 0.191 e. The highest BCUT2D eigenvalue weighted by Crippen LogP contribution is 2.23. The Hall–Kier alpha value is -1.62. The summed E-state index contributed by atoms with van der Waals surface area (Å²) in [5.41, 5.74) is 1.94. The van der Waals surface area contributed by atoms with Crippen molar-refractivity contribution in [3.8, 4) is 11.4 Å². The maximum Gasteiger partial charge on any atom is 0.191 e. The average Bonchev–Trinajstić information content (AvgIpc) is 2.69. The van der Waals surface area contributed by atoms with Crippen LogP contribution in [0.3, 0.4) is 0 Å². The highest BCUT2D eigenvalue weighted by atomic mass is 32.2. The molecule has 0 unspecified atom stereocenters. The summed E-state index contributed by atoms with van der Waals surface area (Å²) in [4.78, 5) is 0. The molecule has 1 aromatic carbocycles. The molecule has 0 saturated carbocycles. The van der Waals surface area contributed by atoms with E-state index in [2.05, 4.69) is 16.8 Å². The summed E-state index contributed by atoms with van der Waals surface area (Å²) >= 11 is 1.59. The Balaban J connectivity index is 2.25.